The van der Waals surface area contributed by atoms with E-state index in [0.717, 1.165) is 6.54 Å². The van der Waals surface area contributed by atoms with E-state index in [1.54, 1.807) is 27.1 Å². The van der Waals surface area contributed by atoms with E-state index < -0.39 is 5.97 Å². The van der Waals surface area contributed by atoms with Gasteiger partial charge in [-0.25, -0.2) is 4.79 Å². The Hall–Kier alpha value is -2.09. The minimum absolute atomic E-state index is 0.0863. The number of thioether (sulfide) groups is 1. The topological polar surface area (TPSA) is 89.9 Å². The smallest absolute Gasteiger partial charge is 0.340 e. The molecule has 2 heterocycles. The molecule has 0 saturated carbocycles. The van der Waals surface area contributed by atoms with E-state index in [-0.39, 0.29) is 11.5 Å². The van der Waals surface area contributed by atoms with Crippen LogP contribution in [0.5, 0.6) is 0 Å². The van der Waals surface area contributed by atoms with Gasteiger partial charge in [0.05, 0.1) is 23.6 Å². The number of H-pyrrole nitrogens is 1. The molecule has 124 valence electrons. The van der Waals surface area contributed by atoms with Crippen LogP contribution in [0.15, 0.2) is 11.5 Å². The van der Waals surface area contributed by atoms with Gasteiger partial charge in [-0.1, -0.05) is 11.8 Å². The highest BCUT2D eigenvalue weighted by molar-refractivity contribution is 7.99. The number of nitrogens with one attached hydrogen (secondary N) is 1. The average Bonchev–Trinajstić information content (AvgIpc) is 3.09. The molecule has 0 amide bonds. The zero-order chi connectivity index (χ0) is 17.0. The summed E-state index contributed by atoms with van der Waals surface area (Å²) in [5.74, 6) is -0.269. The van der Waals surface area contributed by atoms with Gasteiger partial charge in [-0.15, -0.1) is 10.2 Å². The lowest BCUT2D eigenvalue weighted by molar-refractivity contribution is 0.0525. The van der Waals surface area contributed by atoms with E-state index in [2.05, 4.69) is 15.2 Å². The van der Waals surface area contributed by atoms with Crippen molar-refractivity contribution in [2.75, 3.05) is 12.4 Å². The SMILES string of the molecule is CCOC(=O)c1c(C)[nH]c(C(=O)CSc2nncn2CC)c1C. The van der Waals surface area contributed by atoms with Crippen LogP contribution in [0.2, 0.25) is 0 Å². The molecule has 0 unspecified atom stereocenters. The zero-order valence-electron chi connectivity index (χ0n) is 13.7. The number of aryl methyl sites for hydroxylation is 2. The number of aromatic amines is 1. The quantitative estimate of drug-likeness (QED) is 0.474. The number of esters is 1. The third kappa shape index (κ3) is 3.64. The van der Waals surface area contributed by atoms with Crippen molar-refractivity contribution < 1.29 is 14.3 Å². The first kappa shape index (κ1) is 17.3. The minimum atomic E-state index is -0.406. The molecule has 0 aromatic carbocycles. The van der Waals surface area contributed by atoms with E-state index in [1.807, 2.05) is 11.5 Å². The van der Waals surface area contributed by atoms with Gasteiger partial charge < -0.3 is 14.3 Å². The second-order valence-electron chi connectivity index (χ2n) is 4.96. The van der Waals surface area contributed by atoms with Crippen molar-refractivity contribution in [1.29, 1.82) is 0 Å². The van der Waals surface area contributed by atoms with Gasteiger partial charge in [-0.2, -0.15) is 0 Å². The molecule has 0 atom stereocenters. The summed E-state index contributed by atoms with van der Waals surface area (Å²) >= 11 is 1.33. The van der Waals surface area contributed by atoms with Crippen molar-refractivity contribution >= 4 is 23.5 Å². The minimum Gasteiger partial charge on any atom is -0.462 e. The molecule has 0 saturated heterocycles. The highest BCUT2D eigenvalue weighted by Crippen LogP contribution is 2.22. The molecular weight excluding hydrogens is 316 g/mol. The molecule has 2 rings (SSSR count). The number of hydrogen-bond donors (Lipinski definition) is 1. The summed E-state index contributed by atoms with van der Waals surface area (Å²) in [4.78, 5) is 27.4. The van der Waals surface area contributed by atoms with Crippen LogP contribution in [0.4, 0.5) is 0 Å². The fourth-order valence-corrected chi connectivity index (χ4v) is 3.17. The van der Waals surface area contributed by atoms with Gasteiger partial charge in [-0.3, -0.25) is 4.79 Å². The summed E-state index contributed by atoms with van der Waals surface area (Å²) in [5, 5.41) is 8.53. The molecule has 23 heavy (non-hydrogen) atoms. The van der Waals surface area contributed by atoms with E-state index in [1.165, 1.54) is 11.8 Å². The van der Waals surface area contributed by atoms with Crippen LogP contribution in [0.1, 0.15) is 46.0 Å². The first-order chi connectivity index (χ1) is 11.0. The Bertz CT molecular complexity index is 720. The van der Waals surface area contributed by atoms with Gasteiger partial charge in [-0.05, 0) is 33.3 Å². The van der Waals surface area contributed by atoms with Crippen LogP contribution in [0.25, 0.3) is 0 Å². The Morgan fingerprint density at radius 2 is 2.09 bits per heavy atom. The number of aromatic nitrogens is 4. The van der Waals surface area contributed by atoms with Crippen LogP contribution < -0.4 is 0 Å². The Kier molecular flexibility index (Phi) is 5.59. The van der Waals surface area contributed by atoms with Gasteiger partial charge in [0.1, 0.15) is 6.33 Å². The van der Waals surface area contributed by atoms with Gasteiger partial charge >= 0.3 is 5.97 Å². The van der Waals surface area contributed by atoms with Crippen molar-refractivity contribution in [2.45, 2.75) is 39.4 Å². The van der Waals surface area contributed by atoms with E-state index >= 15 is 0 Å². The highest BCUT2D eigenvalue weighted by atomic mass is 32.2. The van der Waals surface area contributed by atoms with Crippen molar-refractivity contribution in [3.63, 3.8) is 0 Å². The third-order valence-corrected chi connectivity index (χ3v) is 4.43. The number of hydrogen-bond acceptors (Lipinski definition) is 6. The number of ketones is 1. The molecule has 0 fully saturated rings. The summed E-state index contributed by atoms with van der Waals surface area (Å²) in [5.41, 5.74) is 2.16. The molecule has 0 aliphatic carbocycles. The summed E-state index contributed by atoms with van der Waals surface area (Å²) in [7, 11) is 0. The number of Topliss-reactive ketones (excluding diaryl/α,β-unsaturated/α-hetero) is 1. The summed E-state index contributed by atoms with van der Waals surface area (Å²) in [6.45, 7) is 8.30. The molecule has 0 aliphatic rings. The number of ether oxygens (including phenoxy) is 1. The lowest BCUT2D eigenvalue weighted by Gasteiger charge is -2.03. The number of rotatable bonds is 7. The van der Waals surface area contributed by atoms with Gasteiger partial charge in [0.2, 0.25) is 0 Å². The predicted molar refractivity (Wildman–Crippen MR) is 87.0 cm³/mol. The predicted octanol–water partition coefficient (Wildman–Crippen LogP) is 2.39. The first-order valence-corrected chi connectivity index (χ1v) is 8.38. The molecular formula is C15H20N4O3S. The van der Waals surface area contributed by atoms with E-state index in [0.29, 0.717) is 34.3 Å². The maximum Gasteiger partial charge on any atom is 0.340 e. The Morgan fingerprint density at radius 1 is 1.35 bits per heavy atom. The molecule has 0 bridgehead atoms. The van der Waals surface area contributed by atoms with E-state index in [4.69, 9.17) is 4.74 Å². The number of carbonyl (C=O) groups is 2. The molecule has 8 heteroatoms. The Balaban J connectivity index is 2.14. The highest BCUT2D eigenvalue weighted by Gasteiger charge is 2.23. The summed E-state index contributed by atoms with van der Waals surface area (Å²) in [6, 6.07) is 0. The Labute approximate surface area is 138 Å². The fraction of sp³-hybridized carbons (Fsp3) is 0.467. The normalized spacial score (nSPS) is 10.8. The molecule has 2 aromatic rings. The molecule has 0 spiro atoms. The van der Waals surface area contributed by atoms with Crippen LogP contribution in [0, 0.1) is 13.8 Å². The lowest BCUT2D eigenvalue weighted by atomic mass is 10.1. The van der Waals surface area contributed by atoms with Crippen LogP contribution >= 0.6 is 11.8 Å². The standard InChI is InChI=1S/C15H20N4O3S/c1-5-19-8-16-18-15(19)23-7-11(20)13-9(3)12(10(4)17-13)14(21)22-6-2/h8,17H,5-7H2,1-4H3. The molecule has 0 radical (unpaired) electrons. The maximum absolute atomic E-state index is 12.4. The lowest BCUT2D eigenvalue weighted by Crippen LogP contribution is -2.09. The second-order valence-corrected chi connectivity index (χ2v) is 5.90. The molecule has 0 aliphatic heterocycles. The van der Waals surface area contributed by atoms with E-state index in [9.17, 15) is 9.59 Å². The Morgan fingerprint density at radius 3 is 2.74 bits per heavy atom. The monoisotopic (exact) mass is 336 g/mol. The fourth-order valence-electron chi connectivity index (χ4n) is 2.31. The maximum atomic E-state index is 12.4. The van der Waals surface area contributed by atoms with Crippen molar-refractivity contribution in [1.82, 2.24) is 19.7 Å². The first-order valence-electron chi connectivity index (χ1n) is 7.39. The van der Waals surface area contributed by atoms with Gasteiger partial charge in [0.15, 0.2) is 10.9 Å². The average molecular weight is 336 g/mol. The van der Waals surface area contributed by atoms with Crippen LogP contribution in [-0.2, 0) is 11.3 Å². The molecule has 7 nitrogen and oxygen atoms in total. The largest absolute Gasteiger partial charge is 0.462 e. The second kappa shape index (κ2) is 7.45. The van der Waals surface area contributed by atoms with Gasteiger partial charge in [0, 0.05) is 12.2 Å². The number of carbonyl (C=O) groups excluding carboxylic acids is 2. The van der Waals surface area contributed by atoms with Crippen molar-refractivity contribution in [3.8, 4) is 0 Å². The van der Waals surface area contributed by atoms with Gasteiger partial charge in [0.25, 0.3) is 0 Å². The van der Waals surface area contributed by atoms with Crippen molar-refractivity contribution in [2.24, 2.45) is 0 Å². The van der Waals surface area contributed by atoms with Crippen molar-refractivity contribution in [3.05, 3.63) is 28.8 Å². The summed E-state index contributed by atoms with van der Waals surface area (Å²) < 4.78 is 6.90. The summed E-state index contributed by atoms with van der Waals surface area (Å²) in [6.07, 6.45) is 1.63. The van der Waals surface area contributed by atoms with Crippen LogP contribution in [0.3, 0.4) is 0 Å². The molecule has 1 N–H and O–H groups in total. The number of nitrogens with zero attached hydrogens (tertiary/aromatic N) is 3. The third-order valence-electron chi connectivity index (χ3n) is 3.45. The molecule has 2 aromatic heterocycles. The zero-order valence-corrected chi connectivity index (χ0v) is 14.5. The van der Waals surface area contributed by atoms with Crippen LogP contribution in [-0.4, -0.2) is 43.9 Å².